The quantitative estimate of drug-likeness (QED) is 0.650. The fourth-order valence-corrected chi connectivity index (χ4v) is 1.92. The maximum Gasteiger partial charge on any atom is 0.0209 e. The van der Waals surface area contributed by atoms with Crippen molar-refractivity contribution >= 4 is 0 Å². The molecule has 0 amide bonds. The van der Waals surface area contributed by atoms with Crippen LogP contribution in [0.15, 0.2) is 12.7 Å². The number of nitrogens with zero attached hydrogens (tertiary/aromatic N) is 1. The molecule has 1 saturated heterocycles. The molecule has 0 aliphatic carbocycles. The summed E-state index contributed by atoms with van der Waals surface area (Å²) in [6.45, 7) is 8.45. The molecule has 1 fully saturated rings. The summed E-state index contributed by atoms with van der Waals surface area (Å²) in [5.74, 6) is 0. The van der Waals surface area contributed by atoms with Crippen LogP contribution in [-0.2, 0) is 0 Å². The summed E-state index contributed by atoms with van der Waals surface area (Å²) in [5.41, 5.74) is 0. The lowest BCUT2D eigenvalue weighted by Crippen LogP contribution is -2.37. The van der Waals surface area contributed by atoms with Crippen molar-refractivity contribution in [2.45, 2.75) is 38.3 Å². The van der Waals surface area contributed by atoms with E-state index >= 15 is 0 Å². The Morgan fingerprint density at radius 2 is 2.46 bits per heavy atom. The van der Waals surface area contributed by atoms with Crippen LogP contribution in [0.2, 0.25) is 0 Å². The van der Waals surface area contributed by atoms with Gasteiger partial charge >= 0.3 is 0 Å². The van der Waals surface area contributed by atoms with Gasteiger partial charge in [-0.25, -0.2) is 0 Å². The van der Waals surface area contributed by atoms with Gasteiger partial charge < -0.3 is 10.2 Å². The lowest BCUT2D eigenvalue weighted by atomic mass is 10.1. The van der Waals surface area contributed by atoms with Crippen molar-refractivity contribution < 1.29 is 0 Å². The van der Waals surface area contributed by atoms with Crippen molar-refractivity contribution in [1.82, 2.24) is 10.2 Å². The fraction of sp³-hybridized carbons (Fsp3) is 0.818. The highest BCUT2D eigenvalue weighted by Gasteiger charge is 2.19. The molecule has 0 aromatic carbocycles. The van der Waals surface area contributed by atoms with Gasteiger partial charge in [-0.3, -0.25) is 0 Å². The Morgan fingerprint density at radius 3 is 3.00 bits per heavy atom. The Bertz CT molecular complexity index is 156. The van der Waals surface area contributed by atoms with Gasteiger partial charge in [0, 0.05) is 18.6 Å². The molecule has 1 aliphatic heterocycles. The first-order valence-corrected chi connectivity index (χ1v) is 5.28. The van der Waals surface area contributed by atoms with Crippen molar-refractivity contribution in [3.05, 3.63) is 12.7 Å². The Balaban J connectivity index is 2.12. The molecule has 1 N–H and O–H groups in total. The van der Waals surface area contributed by atoms with Crippen LogP contribution < -0.4 is 5.32 Å². The molecule has 0 spiro atoms. The molecule has 2 heteroatoms. The normalized spacial score (nSPS) is 26.2. The molecular formula is C11H22N2. The van der Waals surface area contributed by atoms with Crippen molar-refractivity contribution in [3.8, 4) is 0 Å². The molecule has 2 unspecified atom stereocenters. The minimum Gasteiger partial charge on any atom is -0.310 e. The second kappa shape index (κ2) is 5.40. The second-order valence-corrected chi connectivity index (χ2v) is 4.18. The van der Waals surface area contributed by atoms with Crippen molar-refractivity contribution in [1.29, 1.82) is 0 Å². The molecule has 1 heterocycles. The van der Waals surface area contributed by atoms with E-state index in [0.717, 1.165) is 6.42 Å². The monoisotopic (exact) mass is 182 g/mol. The summed E-state index contributed by atoms with van der Waals surface area (Å²) in [5, 5.41) is 3.65. The average Bonchev–Trinajstić information content (AvgIpc) is 2.48. The SMILES string of the molecule is C=CCCC(C)NC1CCN(C)C1. The van der Waals surface area contributed by atoms with Crippen LogP contribution >= 0.6 is 0 Å². The van der Waals surface area contributed by atoms with Gasteiger partial charge in [0.05, 0.1) is 0 Å². The van der Waals surface area contributed by atoms with E-state index in [0.29, 0.717) is 12.1 Å². The van der Waals surface area contributed by atoms with E-state index in [1.807, 2.05) is 6.08 Å². The summed E-state index contributed by atoms with van der Waals surface area (Å²) in [6.07, 6.45) is 5.63. The molecule has 1 aliphatic rings. The molecule has 76 valence electrons. The molecule has 2 nitrogen and oxygen atoms in total. The highest BCUT2D eigenvalue weighted by molar-refractivity contribution is 4.82. The number of rotatable bonds is 5. The van der Waals surface area contributed by atoms with E-state index in [1.165, 1.54) is 25.9 Å². The lowest BCUT2D eigenvalue weighted by molar-refractivity contribution is 0.380. The predicted molar refractivity (Wildman–Crippen MR) is 57.9 cm³/mol. The number of allylic oxidation sites excluding steroid dienone is 1. The maximum atomic E-state index is 3.74. The first kappa shape index (κ1) is 10.7. The van der Waals surface area contributed by atoms with Gasteiger partial charge in [0.2, 0.25) is 0 Å². The van der Waals surface area contributed by atoms with Crippen molar-refractivity contribution in [3.63, 3.8) is 0 Å². The topological polar surface area (TPSA) is 15.3 Å². The van der Waals surface area contributed by atoms with Gasteiger partial charge in [0.15, 0.2) is 0 Å². The number of likely N-dealkylation sites (tertiary alicyclic amines) is 1. The first-order chi connectivity index (χ1) is 6.22. The van der Waals surface area contributed by atoms with Gasteiger partial charge in [0.1, 0.15) is 0 Å². The van der Waals surface area contributed by atoms with Gasteiger partial charge in [-0.15, -0.1) is 6.58 Å². The van der Waals surface area contributed by atoms with E-state index in [2.05, 4.69) is 30.8 Å². The van der Waals surface area contributed by atoms with Gasteiger partial charge in [-0.05, 0) is 39.8 Å². The standard InChI is InChI=1S/C11H22N2/c1-4-5-6-10(2)12-11-7-8-13(3)9-11/h4,10-12H,1,5-9H2,2-3H3. The van der Waals surface area contributed by atoms with E-state index in [4.69, 9.17) is 0 Å². The van der Waals surface area contributed by atoms with Crippen LogP contribution in [0.25, 0.3) is 0 Å². The van der Waals surface area contributed by atoms with Crippen LogP contribution in [0.1, 0.15) is 26.2 Å². The number of hydrogen-bond acceptors (Lipinski definition) is 2. The molecule has 0 aromatic rings. The zero-order valence-electron chi connectivity index (χ0n) is 8.92. The molecule has 1 rings (SSSR count). The summed E-state index contributed by atoms with van der Waals surface area (Å²) < 4.78 is 0. The third-order valence-electron chi connectivity index (χ3n) is 2.72. The van der Waals surface area contributed by atoms with Crippen molar-refractivity contribution in [2.24, 2.45) is 0 Å². The largest absolute Gasteiger partial charge is 0.310 e. The molecule has 0 bridgehead atoms. The first-order valence-electron chi connectivity index (χ1n) is 5.28. The average molecular weight is 182 g/mol. The Morgan fingerprint density at radius 1 is 1.69 bits per heavy atom. The third kappa shape index (κ3) is 3.92. The molecule has 0 radical (unpaired) electrons. The molecule has 2 atom stereocenters. The zero-order chi connectivity index (χ0) is 9.68. The minimum absolute atomic E-state index is 0.634. The van der Waals surface area contributed by atoms with Crippen LogP contribution in [0.3, 0.4) is 0 Å². The summed E-state index contributed by atoms with van der Waals surface area (Å²) >= 11 is 0. The summed E-state index contributed by atoms with van der Waals surface area (Å²) in [6, 6.07) is 1.35. The number of likely N-dealkylation sites (N-methyl/N-ethyl adjacent to an activating group) is 1. The summed E-state index contributed by atoms with van der Waals surface area (Å²) in [4.78, 5) is 2.39. The molecule has 0 saturated carbocycles. The van der Waals surface area contributed by atoms with Crippen LogP contribution in [0, 0.1) is 0 Å². The van der Waals surface area contributed by atoms with Crippen LogP contribution in [-0.4, -0.2) is 37.1 Å². The van der Waals surface area contributed by atoms with E-state index in [9.17, 15) is 0 Å². The lowest BCUT2D eigenvalue weighted by Gasteiger charge is -2.18. The van der Waals surface area contributed by atoms with Crippen LogP contribution in [0.5, 0.6) is 0 Å². The van der Waals surface area contributed by atoms with Crippen LogP contribution in [0.4, 0.5) is 0 Å². The second-order valence-electron chi connectivity index (χ2n) is 4.18. The Labute approximate surface area is 82.0 Å². The van der Waals surface area contributed by atoms with Crippen molar-refractivity contribution in [2.75, 3.05) is 20.1 Å². The zero-order valence-corrected chi connectivity index (χ0v) is 8.92. The smallest absolute Gasteiger partial charge is 0.0209 e. The predicted octanol–water partition coefficient (Wildman–Crippen LogP) is 1.63. The number of nitrogens with one attached hydrogen (secondary N) is 1. The van der Waals surface area contributed by atoms with Gasteiger partial charge in [0.25, 0.3) is 0 Å². The summed E-state index contributed by atoms with van der Waals surface area (Å²) in [7, 11) is 2.19. The third-order valence-corrected chi connectivity index (χ3v) is 2.72. The highest BCUT2D eigenvalue weighted by atomic mass is 15.2. The Hall–Kier alpha value is -0.340. The van der Waals surface area contributed by atoms with E-state index in [-0.39, 0.29) is 0 Å². The van der Waals surface area contributed by atoms with Gasteiger partial charge in [-0.2, -0.15) is 0 Å². The Kier molecular flexibility index (Phi) is 4.46. The molecular weight excluding hydrogens is 160 g/mol. The van der Waals surface area contributed by atoms with E-state index in [1.54, 1.807) is 0 Å². The highest BCUT2D eigenvalue weighted by Crippen LogP contribution is 2.08. The molecule has 0 aromatic heterocycles. The fourth-order valence-electron chi connectivity index (χ4n) is 1.92. The van der Waals surface area contributed by atoms with E-state index < -0.39 is 0 Å². The minimum atomic E-state index is 0.634. The van der Waals surface area contributed by atoms with Gasteiger partial charge in [-0.1, -0.05) is 6.08 Å². The maximum absolute atomic E-state index is 3.74. The molecule has 13 heavy (non-hydrogen) atoms. The number of hydrogen-bond donors (Lipinski definition) is 1.